The molecule has 0 atom stereocenters. The van der Waals surface area contributed by atoms with Gasteiger partial charge in [-0.3, -0.25) is 0 Å². The molecule has 0 heterocycles. The first-order valence-corrected chi connectivity index (χ1v) is 4.68. The van der Waals surface area contributed by atoms with E-state index in [1.54, 1.807) is 22.3 Å². The highest BCUT2D eigenvalue weighted by Crippen LogP contribution is 2.40. The number of allylic oxidation sites excluding steroid dienone is 8. The second kappa shape index (κ2) is 2.22. The summed E-state index contributed by atoms with van der Waals surface area (Å²) >= 11 is 0. The average molecular weight is 156 g/mol. The van der Waals surface area contributed by atoms with E-state index >= 15 is 0 Å². The number of rotatable bonds is 0. The fourth-order valence-electron chi connectivity index (χ4n) is 2.39. The van der Waals surface area contributed by atoms with Gasteiger partial charge in [0.25, 0.3) is 0 Å². The molecule has 3 rings (SSSR count). The third kappa shape index (κ3) is 0.781. The van der Waals surface area contributed by atoms with Crippen LogP contribution in [0.25, 0.3) is 0 Å². The van der Waals surface area contributed by atoms with E-state index in [1.807, 2.05) is 0 Å². The molecule has 0 saturated carbocycles. The van der Waals surface area contributed by atoms with Crippen LogP contribution in [0, 0.1) is 0 Å². The van der Waals surface area contributed by atoms with Crippen LogP contribution in [0.1, 0.15) is 25.7 Å². The molecular weight excluding hydrogens is 144 g/mol. The lowest BCUT2D eigenvalue weighted by Crippen LogP contribution is -1.97. The fraction of sp³-hybridized carbons (Fsp3) is 0.333. The van der Waals surface area contributed by atoms with Gasteiger partial charge in [0.05, 0.1) is 0 Å². The standard InChI is InChI=1S/C12H12/c1-3-9-7-11-5-2-6-12(11)8-10(9)4-1/h1-3,5H,4,6-8H2. The van der Waals surface area contributed by atoms with E-state index in [2.05, 4.69) is 24.3 Å². The molecule has 3 aliphatic carbocycles. The second-order valence-electron chi connectivity index (χ2n) is 3.82. The quantitative estimate of drug-likeness (QED) is 0.505. The van der Waals surface area contributed by atoms with Crippen LogP contribution < -0.4 is 0 Å². The summed E-state index contributed by atoms with van der Waals surface area (Å²) in [4.78, 5) is 0. The van der Waals surface area contributed by atoms with Crippen LogP contribution in [0.5, 0.6) is 0 Å². The first kappa shape index (κ1) is 6.47. The van der Waals surface area contributed by atoms with Gasteiger partial charge in [0.2, 0.25) is 0 Å². The molecule has 0 N–H and O–H groups in total. The van der Waals surface area contributed by atoms with Crippen molar-refractivity contribution < 1.29 is 0 Å². The predicted molar refractivity (Wildman–Crippen MR) is 50.8 cm³/mol. The molecule has 0 aromatic carbocycles. The van der Waals surface area contributed by atoms with E-state index in [1.165, 1.54) is 25.7 Å². The van der Waals surface area contributed by atoms with Crippen molar-refractivity contribution in [3.63, 3.8) is 0 Å². The molecule has 0 unspecified atom stereocenters. The highest BCUT2D eigenvalue weighted by molar-refractivity contribution is 5.50. The molecule has 0 fully saturated rings. The van der Waals surface area contributed by atoms with E-state index in [4.69, 9.17) is 0 Å². The lowest BCUT2D eigenvalue weighted by atomic mass is 9.89. The molecule has 60 valence electrons. The summed E-state index contributed by atoms with van der Waals surface area (Å²) in [6.07, 6.45) is 14.1. The molecule has 12 heavy (non-hydrogen) atoms. The van der Waals surface area contributed by atoms with E-state index in [0.29, 0.717) is 0 Å². The van der Waals surface area contributed by atoms with Crippen LogP contribution in [-0.2, 0) is 0 Å². The van der Waals surface area contributed by atoms with Crippen LogP contribution in [0.2, 0.25) is 0 Å². The van der Waals surface area contributed by atoms with Crippen LogP contribution in [0.3, 0.4) is 0 Å². The van der Waals surface area contributed by atoms with E-state index in [-0.39, 0.29) is 0 Å². The van der Waals surface area contributed by atoms with Crippen molar-refractivity contribution in [2.24, 2.45) is 0 Å². The van der Waals surface area contributed by atoms with Gasteiger partial charge < -0.3 is 0 Å². The molecule has 0 bridgehead atoms. The topological polar surface area (TPSA) is 0 Å². The Balaban J connectivity index is 1.97. The highest BCUT2D eigenvalue weighted by atomic mass is 14.3. The Bertz CT molecular complexity index is 314. The van der Waals surface area contributed by atoms with Crippen molar-refractivity contribution in [1.29, 1.82) is 0 Å². The Morgan fingerprint density at radius 3 is 1.92 bits per heavy atom. The summed E-state index contributed by atoms with van der Waals surface area (Å²) in [7, 11) is 0. The number of hydrogen-bond acceptors (Lipinski definition) is 0. The Hall–Kier alpha value is -1.04. The monoisotopic (exact) mass is 156 g/mol. The summed E-state index contributed by atoms with van der Waals surface area (Å²) < 4.78 is 0. The zero-order valence-electron chi connectivity index (χ0n) is 7.14. The summed E-state index contributed by atoms with van der Waals surface area (Å²) in [6.45, 7) is 0. The van der Waals surface area contributed by atoms with Crippen molar-refractivity contribution in [1.82, 2.24) is 0 Å². The van der Waals surface area contributed by atoms with Gasteiger partial charge in [-0.05, 0) is 36.8 Å². The van der Waals surface area contributed by atoms with Crippen LogP contribution in [0.4, 0.5) is 0 Å². The minimum atomic E-state index is 1.21. The molecule has 0 aromatic heterocycles. The zero-order valence-corrected chi connectivity index (χ0v) is 7.14. The lowest BCUT2D eigenvalue weighted by molar-refractivity contribution is 0.939. The van der Waals surface area contributed by atoms with Crippen molar-refractivity contribution in [2.45, 2.75) is 25.7 Å². The van der Waals surface area contributed by atoms with E-state index in [0.717, 1.165) is 0 Å². The van der Waals surface area contributed by atoms with Crippen LogP contribution >= 0.6 is 0 Å². The maximum atomic E-state index is 2.31. The van der Waals surface area contributed by atoms with Gasteiger partial charge in [-0.25, -0.2) is 0 Å². The molecule has 0 aliphatic heterocycles. The molecule has 0 nitrogen and oxygen atoms in total. The zero-order chi connectivity index (χ0) is 7.97. The molecule has 0 amide bonds. The van der Waals surface area contributed by atoms with Crippen molar-refractivity contribution >= 4 is 0 Å². The second-order valence-corrected chi connectivity index (χ2v) is 3.82. The van der Waals surface area contributed by atoms with Gasteiger partial charge in [-0.1, -0.05) is 35.5 Å². The smallest absolute Gasteiger partial charge is 0.00264 e. The Labute approximate surface area is 73.0 Å². The van der Waals surface area contributed by atoms with Crippen molar-refractivity contribution in [3.05, 3.63) is 46.6 Å². The largest absolute Gasteiger partial charge is 0.0802 e. The fourth-order valence-corrected chi connectivity index (χ4v) is 2.39. The Kier molecular flexibility index (Phi) is 1.20. The molecule has 0 radical (unpaired) electrons. The van der Waals surface area contributed by atoms with Gasteiger partial charge >= 0.3 is 0 Å². The normalized spacial score (nSPS) is 25.3. The maximum Gasteiger partial charge on any atom is -0.00264 e. The predicted octanol–water partition coefficient (Wildman–Crippen LogP) is 3.29. The average Bonchev–Trinajstić information content (AvgIpc) is 2.64. The Morgan fingerprint density at radius 2 is 1.33 bits per heavy atom. The summed E-state index contributed by atoms with van der Waals surface area (Å²) in [5.41, 5.74) is 6.55. The van der Waals surface area contributed by atoms with Crippen molar-refractivity contribution in [2.75, 3.05) is 0 Å². The van der Waals surface area contributed by atoms with Crippen LogP contribution in [-0.4, -0.2) is 0 Å². The van der Waals surface area contributed by atoms with Crippen molar-refractivity contribution in [3.8, 4) is 0 Å². The van der Waals surface area contributed by atoms with E-state index in [9.17, 15) is 0 Å². The van der Waals surface area contributed by atoms with E-state index < -0.39 is 0 Å². The summed E-state index contributed by atoms with van der Waals surface area (Å²) in [5.74, 6) is 0. The Morgan fingerprint density at radius 1 is 0.750 bits per heavy atom. The molecule has 0 aromatic rings. The summed E-state index contributed by atoms with van der Waals surface area (Å²) in [5, 5.41) is 0. The molecule has 0 saturated heterocycles. The van der Waals surface area contributed by atoms with Gasteiger partial charge in [0.15, 0.2) is 0 Å². The minimum Gasteiger partial charge on any atom is -0.0802 e. The first-order chi connectivity index (χ1) is 5.93. The molecular formula is C12H12. The van der Waals surface area contributed by atoms with Gasteiger partial charge in [-0.15, -0.1) is 0 Å². The third-order valence-electron chi connectivity index (χ3n) is 3.08. The van der Waals surface area contributed by atoms with Gasteiger partial charge in [-0.2, -0.15) is 0 Å². The van der Waals surface area contributed by atoms with Gasteiger partial charge in [0.1, 0.15) is 0 Å². The first-order valence-electron chi connectivity index (χ1n) is 4.68. The molecule has 0 spiro atoms. The van der Waals surface area contributed by atoms with Gasteiger partial charge in [0, 0.05) is 0 Å². The summed E-state index contributed by atoms with van der Waals surface area (Å²) in [6, 6.07) is 0. The number of hydrogen-bond donors (Lipinski definition) is 0. The lowest BCUT2D eigenvalue weighted by Gasteiger charge is -2.16. The van der Waals surface area contributed by atoms with Crippen LogP contribution in [0.15, 0.2) is 46.6 Å². The molecule has 0 heteroatoms. The highest BCUT2D eigenvalue weighted by Gasteiger charge is 2.20. The maximum absolute atomic E-state index is 2.31. The minimum absolute atomic E-state index is 1.21. The SMILES string of the molecule is C1=CC2=C(C1)CC1=C(C=CC1)C2. The molecule has 3 aliphatic rings. The third-order valence-corrected chi connectivity index (χ3v) is 3.08.